The van der Waals surface area contributed by atoms with E-state index in [1.165, 1.54) is 11.3 Å². The predicted octanol–water partition coefficient (Wildman–Crippen LogP) is 3.48. The minimum atomic E-state index is -0.00231. The van der Waals surface area contributed by atoms with Crippen molar-refractivity contribution in [2.75, 3.05) is 16.8 Å². The Hall–Kier alpha value is -1.66. The first-order valence-electron chi connectivity index (χ1n) is 6.60. The number of carbonyl (C=O) groups excluding carboxylic acids is 1. The second-order valence-corrected chi connectivity index (χ2v) is 5.73. The number of rotatable bonds is 5. The number of thiazole rings is 1. The molecule has 0 saturated carbocycles. The number of pyridine rings is 1. The van der Waals surface area contributed by atoms with Gasteiger partial charge in [0.15, 0.2) is 10.3 Å². The summed E-state index contributed by atoms with van der Waals surface area (Å²) in [5.41, 5.74) is 2.71. The molecule has 2 aromatic heterocycles. The molecule has 0 unspecified atom stereocenters. The monoisotopic (exact) mass is 324 g/mol. The summed E-state index contributed by atoms with van der Waals surface area (Å²) >= 11 is 7.53. The van der Waals surface area contributed by atoms with Crippen molar-refractivity contribution in [3.05, 3.63) is 34.1 Å². The Labute approximate surface area is 133 Å². The van der Waals surface area contributed by atoms with Crippen LogP contribution in [0.1, 0.15) is 25.1 Å². The highest BCUT2D eigenvalue weighted by molar-refractivity contribution is 7.14. The van der Waals surface area contributed by atoms with Crippen LogP contribution in [0, 0.1) is 6.92 Å². The average Bonchev–Trinajstić information content (AvgIpc) is 2.87. The van der Waals surface area contributed by atoms with Crippen molar-refractivity contribution in [2.24, 2.45) is 0 Å². The van der Waals surface area contributed by atoms with Crippen LogP contribution in [0.2, 0.25) is 5.15 Å². The van der Waals surface area contributed by atoms with Gasteiger partial charge in [-0.05, 0) is 25.5 Å². The summed E-state index contributed by atoms with van der Waals surface area (Å²) in [6.07, 6.45) is 1.68. The number of anilines is 2. The molecule has 1 amide bonds. The molecule has 0 fully saturated rings. The van der Waals surface area contributed by atoms with Crippen LogP contribution in [0.15, 0.2) is 17.6 Å². The third kappa shape index (κ3) is 3.71. The molecule has 112 valence electrons. The molecular formula is C14H17ClN4OS. The summed E-state index contributed by atoms with van der Waals surface area (Å²) in [5, 5.41) is 6.35. The normalized spacial score (nSPS) is 10.5. The van der Waals surface area contributed by atoms with E-state index in [4.69, 9.17) is 11.6 Å². The number of amides is 1. The zero-order valence-electron chi connectivity index (χ0n) is 12.2. The number of hydrogen-bond donors (Lipinski definition) is 1. The van der Waals surface area contributed by atoms with Crippen molar-refractivity contribution in [1.29, 1.82) is 0 Å². The highest BCUT2D eigenvalue weighted by Gasteiger charge is 2.13. The van der Waals surface area contributed by atoms with Crippen LogP contribution >= 0.6 is 22.9 Å². The van der Waals surface area contributed by atoms with Crippen molar-refractivity contribution in [3.63, 3.8) is 0 Å². The van der Waals surface area contributed by atoms with Gasteiger partial charge in [-0.15, -0.1) is 11.3 Å². The lowest BCUT2D eigenvalue weighted by atomic mass is 10.2. The standard InChI is InChI=1S/C14H17ClN4OS/c1-4-19(10(3)20)14-18-11(8-21-14)7-17-12-9(2)5-6-16-13(12)15/h5-6,8,17H,4,7H2,1-3H3. The predicted molar refractivity (Wildman–Crippen MR) is 87.1 cm³/mol. The van der Waals surface area contributed by atoms with Gasteiger partial charge < -0.3 is 5.32 Å². The van der Waals surface area contributed by atoms with Crippen LogP contribution in [-0.4, -0.2) is 22.4 Å². The van der Waals surface area contributed by atoms with E-state index in [1.54, 1.807) is 18.0 Å². The maximum Gasteiger partial charge on any atom is 0.225 e. The van der Waals surface area contributed by atoms with Crippen molar-refractivity contribution >= 4 is 39.7 Å². The molecule has 2 aromatic rings. The fourth-order valence-corrected chi connectivity index (χ4v) is 3.12. The molecule has 0 bridgehead atoms. The number of aryl methyl sites for hydroxylation is 1. The van der Waals surface area contributed by atoms with E-state index in [0.717, 1.165) is 22.1 Å². The van der Waals surface area contributed by atoms with Gasteiger partial charge in [0.1, 0.15) is 0 Å². The van der Waals surface area contributed by atoms with Crippen LogP contribution in [-0.2, 0) is 11.3 Å². The molecule has 21 heavy (non-hydrogen) atoms. The molecule has 0 atom stereocenters. The van der Waals surface area contributed by atoms with Gasteiger partial charge in [-0.25, -0.2) is 9.97 Å². The largest absolute Gasteiger partial charge is 0.377 e. The fraction of sp³-hybridized carbons (Fsp3) is 0.357. The molecule has 2 rings (SSSR count). The second kappa shape index (κ2) is 6.87. The zero-order valence-corrected chi connectivity index (χ0v) is 13.8. The summed E-state index contributed by atoms with van der Waals surface area (Å²) < 4.78 is 0. The summed E-state index contributed by atoms with van der Waals surface area (Å²) in [5.74, 6) is -0.00231. The van der Waals surface area contributed by atoms with Gasteiger partial charge in [-0.2, -0.15) is 0 Å². The van der Waals surface area contributed by atoms with Crippen molar-refractivity contribution in [1.82, 2.24) is 9.97 Å². The Kier molecular flexibility index (Phi) is 5.14. The van der Waals surface area contributed by atoms with E-state index in [2.05, 4.69) is 15.3 Å². The highest BCUT2D eigenvalue weighted by Crippen LogP contribution is 2.25. The van der Waals surface area contributed by atoms with Crippen LogP contribution < -0.4 is 10.2 Å². The van der Waals surface area contributed by atoms with Crippen LogP contribution in [0.25, 0.3) is 0 Å². The van der Waals surface area contributed by atoms with E-state index < -0.39 is 0 Å². The fourth-order valence-electron chi connectivity index (χ4n) is 1.91. The molecule has 5 nitrogen and oxygen atoms in total. The van der Waals surface area contributed by atoms with E-state index in [9.17, 15) is 4.79 Å². The Morgan fingerprint density at radius 3 is 2.90 bits per heavy atom. The molecule has 0 aliphatic rings. The SMILES string of the molecule is CCN(C(C)=O)c1nc(CNc2c(C)ccnc2Cl)cs1. The first-order valence-corrected chi connectivity index (χ1v) is 7.86. The summed E-state index contributed by atoms with van der Waals surface area (Å²) in [7, 11) is 0. The molecule has 0 radical (unpaired) electrons. The number of hydrogen-bond acceptors (Lipinski definition) is 5. The van der Waals surface area contributed by atoms with Crippen molar-refractivity contribution in [3.8, 4) is 0 Å². The molecule has 0 saturated heterocycles. The smallest absolute Gasteiger partial charge is 0.225 e. The van der Waals surface area contributed by atoms with Crippen molar-refractivity contribution < 1.29 is 4.79 Å². The summed E-state index contributed by atoms with van der Waals surface area (Å²) in [6.45, 7) is 6.60. The summed E-state index contributed by atoms with van der Waals surface area (Å²) in [6, 6.07) is 1.90. The molecule has 0 aliphatic heterocycles. The Morgan fingerprint density at radius 2 is 2.29 bits per heavy atom. The maximum absolute atomic E-state index is 11.5. The van der Waals surface area contributed by atoms with Gasteiger partial charge in [0.25, 0.3) is 0 Å². The van der Waals surface area contributed by atoms with E-state index >= 15 is 0 Å². The lowest BCUT2D eigenvalue weighted by Gasteiger charge is -2.14. The molecule has 2 heterocycles. The number of aromatic nitrogens is 2. The first kappa shape index (κ1) is 15.7. The van der Waals surface area contributed by atoms with Crippen LogP contribution in [0.3, 0.4) is 0 Å². The van der Waals surface area contributed by atoms with Gasteiger partial charge in [0, 0.05) is 25.0 Å². The minimum Gasteiger partial charge on any atom is -0.377 e. The molecule has 0 aliphatic carbocycles. The van der Waals surface area contributed by atoms with Gasteiger partial charge in [-0.1, -0.05) is 11.6 Å². The van der Waals surface area contributed by atoms with Crippen LogP contribution in [0.5, 0.6) is 0 Å². The van der Waals surface area contributed by atoms with Crippen molar-refractivity contribution in [2.45, 2.75) is 27.3 Å². The average molecular weight is 325 g/mol. The van der Waals surface area contributed by atoms with Gasteiger partial charge >= 0.3 is 0 Å². The van der Waals surface area contributed by atoms with Gasteiger partial charge in [0.2, 0.25) is 5.91 Å². The Morgan fingerprint density at radius 1 is 1.52 bits per heavy atom. The molecular weight excluding hydrogens is 308 g/mol. The second-order valence-electron chi connectivity index (χ2n) is 4.53. The lowest BCUT2D eigenvalue weighted by molar-refractivity contribution is -0.116. The van der Waals surface area contributed by atoms with E-state index in [-0.39, 0.29) is 5.91 Å². The maximum atomic E-state index is 11.5. The van der Waals surface area contributed by atoms with Crippen LogP contribution in [0.4, 0.5) is 10.8 Å². The quantitative estimate of drug-likeness (QED) is 0.855. The highest BCUT2D eigenvalue weighted by atomic mass is 35.5. The molecule has 0 spiro atoms. The Bertz CT molecular complexity index is 623. The van der Waals surface area contributed by atoms with E-state index in [0.29, 0.717) is 18.2 Å². The van der Waals surface area contributed by atoms with E-state index in [1.807, 2.05) is 25.3 Å². The topological polar surface area (TPSA) is 58.1 Å². The lowest BCUT2D eigenvalue weighted by Crippen LogP contribution is -2.27. The zero-order chi connectivity index (χ0) is 15.4. The summed E-state index contributed by atoms with van der Waals surface area (Å²) in [4.78, 5) is 21.7. The molecule has 1 N–H and O–H groups in total. The number of nitrogens with one attached hydrogen (secondary N) is 1. The number of carbonyl (C=O) groups is 1. The minimum absolute atomic E-state index is 0.00231. The van der Waals surface area contributed by atoms with Gasteiger partial charge in [0.05, 0.1) is 17.9 Å². The third-order valence-electron chi connectivity index (χ3n) is 3.03. The Balaban J connectivity index is 2.08. The number of halogens is 1. The molecule has 7 heteroatoms. The molecule has 0 aromatic carbocycles. The number of nitrogens with zero attached hydrogens (tertiary/aromatic N) is 3. The first-order chi connectivity index (χ1) is 10.0. The third-order valence-corrected chi connectivity index (χ3v) is 4.23. The van der Waals surface area contributed by atoms with Gasteiger partial charge in [-0.3, -0.25) is 9.69 Å².